The Balaban J connectivity index is 1.35. The summed E-state index contributed by atoms with van der Waals surface area (Å²) in [5.41, 5.74) is 4.20. The zero-order chi connectivity index (χ0) is 16.4. The molecule has 0 unspecified atom stereocenters. The highest BCUT2D eigenvalue weighted by Gasteiger charge is 2.10. The Hall–Kier alpha value is -3.01. The summed E-state index contributed by atoms with van der Waals surface area (Å²) in [5, 5.41) is 2.25. The van der Waals surface area contributed by atoms with Crippen molar-refractivity contribution < 1.29 is 9.53 Å². The third kappa shape index (κ3) is 2.91. The zero-order valence-electron chi connectivity index (χ0n) is 13.2. The molecule has 4 aromatic rings. The first-order chi connectivity index (χ1) is 11.8. The molecule has 2 aromatic heterocycles. The highest BCUT2D eigenvalue weighted by molar-refractivity contribution is 5.87. The van der Waals surface area contributed by atoms with Gasteiger partial charge in [-0.3, -0.25) is 4.79 Å². The van der Waals surface area contributed by atoms with Crippen molar-refractivity contribution in [2.45, 2.75) is 12.8 Å². The van der Waals surface area contributed by atoms with Crippen molar-refractivity contribution in [2.75, 3.05) is 6.61 Å². The highest BCUT2D eigenvalue weighted by atomic mass is 16.5. The molecule has 0 fully saturated rings. The second-order valence-electron chi connectivity index (χ2n) is 5.89. The van der Waals surface area contributed by atoms with E-state index in [1.54, 1.807) is 0 Å². The summed E-state index contributed by atoms with van der Waals surface area (Å²) in [7, 11) is 0. The molecule has 0 saturated heterocycles. The Morgan fingerprint density at radius 1 is 1.00 bits per heavy atom. The average Bonchev–Trinajstić information content (AvgIpc) is 3.19. The van der Waals surface area contributed by atoms with Gasteiger partial charge in [0, 0.05) is 34.7 Å². The molecule has 0 aliphatic rings. The summed E-state index contributed by atoms with van der Waals surface area (Å²) in [6.45, 7) is 0.383. The van der Waals surface area contributed by atoms with Crippen molar-refractivity contribution in [1.82, 2.24) is 9.97 Å². The number of fused-ring (bicyclic) bond motifs is 2. The number of carbonyl (C=O) groups is 1. The van der Waals surface area contributed by atoms with Crippen LogP contribution in [-0.4, -0.2) is 22.5 Å². The standard InChI is InChI=1S/C20H18N2O2/c23-20(12-15-13-21-19-8-4-2-6-17(15)19)24-10-9-16-11-14-5-1-3-7-18(14)22-16/h1-8,11,13,21-22H,9-10,12H2. The number of aromatic amines is 2. The first kappa shape index (κ1) is 14.6. The molecule has 0 bridgehead atoms. The Morgan fingerprint density at radius 3 is 2.67 bits per heavy atom. The zero-order valence-corrected chi connectivity index (χ0v) is 13.2. The largest absolute Gasteiger partial charge is 0.465 e. The number of ether oxygens (including phenoxy) is 1. The van der Waals surface area contributed by atoms with Crippen LogP contribution in [0.4, 0.5) is 0 Å². The van der Waals surface area contributed by atoms with Gasteiger partial charge in [-0.25, -0.2) is 0 Å². The fourth-order valence-corrected chi connectivity index (χ4v) is 3.03. The average molecular weight is 318 g/mol. The fraction of sp³-hybridized carbons (Fsp3) is 0.150. The predicted molar refractivity (Wildman–Crippen MR) is 95.0 cm³/mol. The van der Waals surface area contributed by atoms with Crippen molar-refractivity contribution in [1.29, 1.82) is 0 Å². The van der Waals surface area contributed by atoms with Crippen LogP contribution >= 0.6 is 0 Å². The summed E-state index contributed by atoms with van der Waals surface area (Å²) in [5.74, 6) is -0.198. The van der Waals surface area contributed by atoms with Crippen LogP contribution in [0.25, 0.3) is 21.8 Å². The van der Waals surface area contributed by atoms with E-state index in [-0.39, 0.29) is 12.4 Å². The molecule has 120 valence electrons. The molecule has 0 radical (unpaired) electrons. The van der Waals surface area contributed by atoms with Gasteiger partial charge in [0.25, 0.3) is 0 Å². The topological polar surface area (TPSA) is 57.9 Å². The number of H-pyrrole nitrogens is 2. The Morgan fingerprint density at radius 2 is 1.79 bits per heavy atom. The van der Waals surface area contributed by atoms with E-state index in [0.717, 1.165) is 27.7 Å². The van der Waals surface area contributed by atoms with Crippen molar-refractivity contribution in [2.24, 2.45) is 0 Å². The molecule has 2 heterocycles. The number of esters is 1. The number of para-hydroxylation sites is 2. The van der Waals surface area contributed by atoms with Gasteiger partial charge in [-0.15, -0.1) is 0 Å². The van der Waals surface area contributed by atoms with E-state index in [2.05, 4.69) is 22.1 Å². The van der Waals surface area contributed by atoms with E-state index in [0.29, 0.717) is 13.0 Å². The summed E-state index contributed by atoms with van der Waals surface area (Å²) < 4.78 is 5.39. The maximum Gasteiger partial charge on any atom is 0.310 e. The van der Waals surface area contributed by atoms with Gasteiger partial charge in [-0.2, -0.15) is 0 Å². The summed E-state index contributed by atoms with van der Waals surface area (Å²) >= 11 is 0. The van der Waals surface area contributed by atoms with Crippen LogP contribution < -0.4 is 0 Å². The van der Waals surface area contributed by atoms with Gasteiger partial charge in [-0.1, -0.05) is 36.4 Å². The molecule has 0 saturated carbocycles. The number of hydrogen-bond acceptors (Lipinski definition) is 2. The van der Waals surface area contributed by atoms with Gasteiger partial charge in [0.05, 0.1) is 13.0 Å². The minimum Gasteiger partial charge on any atom is -0.465 e. The summed E-state index contributed by atoms with van der Waals surface area (Å²) in [6.07, 6.45) is 2.86. The molecule has 24 heavy (non-hydrogen) atoms. The number of nitrogens with one attached hydrogen (secondary N) is 2. The molecule has 2 aromatic carbocycles. The smallest absolute Gasteiger partial charge is 0.310 e. The van der Waals surface area contributed by atoms with Crippen LogP contribution in [-0.2, 0) is 22.4 Å². The predicted octanol–water partition coefficient (Wildman–Crippen LogP) is 3.98. The molecule has 2 N–H and O–H groups in total. The monoisotopic (exact) mass is 318 g/mol. The molecule has 0 atom stereocenters. The van der Waals surface area contributed by atoms with Gasteiger partial charge in [0.2, 0.25) is 0 Å². The molecule has 0 aliphatic heterocycles. The maximum absolute atomic E-state index is 12.1. The minimum absolute atomic E-state index is 0.198. The SMILES string of the molecule is O=C(Cc1c[nH]c2ccccc12)OCCc1cc2ccccc2[nH]1. The first-order valence-electron chi connectivity index (χ1n) is 8.07. The number of carbonyl (C=O) groups excluding carboxylic acids is 1. The number of benzene rings is 2. The third-order valence-electron chi connectivity index (χ3n) is 4.23. The molecule has 4 heteroatoms. The van der Waals surface area contributed by atoms with Gasteiger partial charge < -0.3 is 14.7 Å². The van der Waals surface area contributed by atoms with E-state index >= 15 is 0 Å². The van der Waals surface area contributed by atoms with E-state index in [1.165, 1.54) is 5.39 Å². The van der Waals surface area contributed by atoms with E-state index < -0.39 is 0 Å². The van der Waals surface area contributed by atoms with Crippen molar-refractivity contribution in [3.05, 3.63) is 72.1 Å². The maximum atomic E-state index is 12.1. The van der Waals surface area contributed by atoms with Gasteiger partial charge >= 0.3 is 5.97 Å². The molecule has 0 amide bonds. The third-order valence-corrected chi connectivity index (χ3v) is 4.23. The van der Waals surface area contributed by atoms with Crippen molar-refractivity contribution in [3.8, 4) is 0 Å². The lowest BCUT2D eigenvalue weighted by atomic mass is 10.1. The highest BCUT2D eigenvalue weighted by Crippen LogP contribution is 2.18. The summed E-state index contributed by atoms with van der Waals surface area (Å²) in [6, 6.07) is 18.2. The molecular weight excluding hydrogens is 300 g/mol. The molecular formula is C20H18N2O2. The minimum atomic E-state index is -0.198. The summed E-state index contributed by atoms with van der Waals surface area (Å²) in [4.78, 5) is 18.6. The van der Waals surface area contributed by atoms with Crippen molar-refractivity contribution >= 4 is 27.8 Å². The van der Waals surface area contributed by atoms with Gasteiger partial charge in [-0.05, 0) is 29.1 Å². The Bertz CT molecular complexity index is 964. The fourth-order valence-electron chi connectivity index (χ4n) is 3.03. The molecule has 0 spiro atoms. The van der Waals surface area contributed by atoms with Crippen LogP contribution in [0.15, 0.2) is 60.8 Å². The Labute approximate surface area is 139 Å². The normalized spacial score (nSPS) is 11.2. The Kier molecular flexibility index (Phi) is 3.79. The second kappa shape index (κ2) is 6.24. The van der Waals surface area contributed by atoms with Crippen LogP contribution in [0, 0.1) is 0 Å². The lowest BCUT2D eigenvalue weighted by molar-refractivity contribution is -0.142. The quantitative estimate of drug-likeness (QED) is 0.547. The number of hydrogen-bond donors (Lipinski definition) is 2. The second-order valence-corrected chi connectivity index (χ2v) is 5.89. The van der Waals surface area contributed by atoms with E-state index in [1.807, 2.05) is 48.7 Å². The van der Waals surface area contributed by atoms with Crippen molar-refractivity contribution in [3.63, 3.8) is 0 Å². The molecule has 4 nitrogen and oxygen atoms in total. The number of aromatic nitrogens is 2. The lowest BCUT2D eigenvalue weighted by Crippen LogP contribution is -2.10. The molecule has 0 aliphatic carbocycles. The first-order valence-corrected chi connectivity index (χ1v) is 8.07. The molecule has 4 rings (SSSR count). The van der Waals surface area contributed by atoms with Crippen LogP contribution in [0.3, 0.4) is 0 Å². The number of rotatable bonds is 5. The lowest BCUT2D eigenvalue weighted by Gasteiger charge is -2.03. The van der Waals surface area contributed by atoms with Crippen LogP contribution in [0.2, 0.25) is 0 Å². The van der Waals surface area contributed by atoms with E-state index in [9.17, 15) is 4.79 Å². The van der Waals surface area contributed by atoms with Gasteiger partial charge in [0.1, 0.15) is 0 Å². The van der Waals surface area contributed by atoms with Gasteiger partial charge in [0.15, 0.2) is 0 Å². The van der Waals surface area contributed by atoms with Crippen LogP contribution in [0.1, 0.15) is 11.3 Å². The van der Waals surface area contributed by atoms with E-state index in [4.69, 9.17) is 4.74 Å². The van der Waals surface area contributed by atoms with Crippen LogP contribution in [0.5, 0.6) is 0 Å².